The van der Waals surface area contributed by atoms with Gasteiger partial charge in [0.2, 0.25) is 5.91 Å². The topological polar surface area (TPSA) is 117 Å². The molecule has 0 spiro atoms. The molecule has 4 fully saturated rings. The number of ether oxygens (including phenoxy) is 1. The number of anilines is 1. The Bertz CT molecular complexity index is 1740. The van der Waals surface area contributed by atoms with Crippen molar-refractivity contribution >= 4 is 23.4 Å². The highest BCUT2D eigenvalue weighted by Crippen LogP contribution is 2.57. The summed E-state index contributed by atoms with van der Waals surface area (Å²) in [5.41, 5.74) is 4.34. The molecule has 0 radical (unpaired) electrons. The van der Waals surface area contributed by atoms with Crippen LogP contribution in [0.3, 0.4) is 0 Å². The average molecular weight is 710 g/mol. The number of hydrogen-bond donors (Lipinski definition) is 2. The Labute approximate surface area is 307 Å². The Hall–Kier alpha value is -4.02. The van der Waals surface area contributed by atoms with Crippen molar-refractivity contribution in [2.75, 3.05) is 31.6 Å². The number of aromatic nitrogens is 2. The zero-order valence-electron chi connectivity index (χ0n) is 31.1. The first-order valence-electron chi connectivity index (χ1n) is 19.6. The van der Waals surface area contributed by atoms with Gasteiger partial charge in [0, 0.05) is 31.0 Å². The van der Waals surface area contributed by atoms with E-state index in [2.05, 4.69) is 19.2 Å². The fraction of sp³-hybridized carbons (Fsp3) is 0.571. The minimum absolute atomic E-state index is 0.0248. The van der Waals surface area contributed by atoms with Gasteiger partial charge < -0.3 is 25.0 Å². The fourth-order valence-corrected chi connectivity index (χ4v) is 9.73. The van der Waals surface area contributed by atoms with Gasteiger partial charge in [-0.05, 0) is 118 Å². The van der Waals surface area contributed by atoms with Gasteiger partial charge in [-0.25, -0.2) is 4.68 Å². The van der Waals surface area contributed by atoms with Crippen LogP contribution >= 0.6 is 0 Å². The number of benzene rings is 2. The maximum atomic E-state index is 14.7. The van der Waals surface area contributed by atoms with E-state index in [1.165, 1.54) is 19.3 Å². The quantitative estimate of drug-likeness (QED) is 0.192. The van der Waals surface area contributed by atoms with Gasteiger partial charge in [-0.3, -0.25) is 14.4 Å². The largest absolute Gasteiger partial charge is 0.394 e. The second kappa shape index (κ2) is 15.5. The Morgan fingerprint density at radius 1 is 0.942 bits per heavy atom. The zero-order valence-corrected chi connectivity index (χ0v) is 31.1. The van der Waals surface area contributed by atoms with Crippen molar-refractivity contribution in [3.63, 3.8) is 0 Å². The summed E-state index contributed by atoms with van der Waals surface area (Å²) in [5, 5.41) is 18.2. The van der Waals surface area contributed by atoms with E-state index in [4.69, 9.17) is 9.84 Å². The number of aliphatic hydroxyl groups is 1. The maximum absolute atomic E-state index is 14.7. The summed E-state index contributed by atoms with van der Waals surface area (Å²) in [6.07, 6.45) is 11.4. The molecule has 10 heteroatoms. The molecule has 3 amide bonds. The van der Waals surface area contributed by atoms with E-state index in [-0.39, 0.29) is 36.5 Å². The SMILES string of the molecule is CCCCN(CCCC)C(=O)c1cc(C)n(-c2ccc(NC(=O)COC34CC5CC(CC(C5)C3)C4)cc2C(=O)N2Cc3ccccc3CC2CO)n1. The van der Waals surface area contributed by atoms with E-state index in [0.29, 0.717) is 54.4 Å². The number of carbonyl (C=O) groups is 3. The summed E-state index contributed by atoms with van der Waals surface area (Å²) in [6.45, 7) is 7.60. The van der Waals surface area contributed by atoms with Crippen LogP contribution in [0.5, 0.6) is 0 Å². The summed E-state index contributed by atoms with van der Waals surface area (Å²) in [4.78, 5) is 45.4. The van der Waals surface area contributed by atoms with Crippen molar-refractivity contribution < 1.29 is 24.2 Å². The molecule has 8 rings (SSSR count). The molecule has 2 heterocycles. The van der Waals surface area contributed by atoms with Gasteiger partial charge in [0.1, 0.15) is 6.61 Å². The molecule has 5 aliphatic rings. The number of unbranched alkanes of at least 4 members (excludes halogenated alkanes) is 2. The van der Waals surface area contributed by atoms with Gasteiger partial charge in [0.15, 0.2) is 5.69 Å². The summed E-state index contributed by atoms with van der Waals surface area (Å²) < 4.78 is 8.11. The number of amides is 3. The maximum Gasteiger partial charge on any atom is 0.274 e. The molecule has 0 saturated heterocycles. The molecule has 4 aliphatic carbocycles. The Morgan fingerprint density at radius 2 is 1.60 bits per heavy atom. The number of nitrogens with one attached hydrogen (secondary N) is 1. The van der Waals surface area contributed by atoms with Crippen LogP contribution in [-0.2, 0) is 22.5 Å². The van der Waals surface area contributed by atoms with Crippen molar-refractivity contribution in [2.45, 2.75) is 110 Å². The second-order valence-corrected chi connectivity index (χ2v) is 16.0. The summed E-state index contributed by atoms with van der Waals surface area (Å²) in [6, 6.07) is 14.6. The van der Waals surface area contributed by atoms with E-state index in [1.807, 2.05) is 36.1 Å². The number of rotatable bonds is 14. The van der Waals surface area contributed by atoms with Crippen molar-refractivity contribution in [3.8, 4) is 5.69 Å². The monoisotopic (exact) mass is 709 g/mol. The van der Waals surface area contributed by atoms with Crippen molar-refractivity contribution in [2.24, 2.45) is 17.8 Å². The number of carbonyl (C=O) groups excluding carboxylic acids is 3. The first kappa shape index (κ1) is 36.3. The van der Waals surface area contributed by atoms with Gasteiger partial charge in [-0.1, -0.05) is 51.0 Å². The van der Waals surface area contributed by atoms with Gasteiger partial charge in [-0.15, -0.1) is 0 Å². The molecule has 2 N–H and O–H groups in total. The molecule has 1 atom stereocenters. The van der Waals surface area contributed by atoms with Crippen LogP contribution in [0.25, 0.3) is 5.69 Å². The lowest BCUT2D eigenvalue weighted by Crippen LogP contribution is -2.52. The Kier molecular flexibility index (Phi) is 10.9. The second-order valence-electron chi connectivity index (χ2n) is 16.0. The van der Waals surface area contributed by atoms with Crippen LogP contribution in [0, 0.1) is 24.7 Å². The summed E-state index contributed by atoms with van der Waals surface area (Å²) in [7, 11) is 0. The number of nitrogens with zero attached hydrogens (tertiary/aromatic N) is 4. The van der Waals surface area contributed by atoms with Crippen LogP contribution in [0.1, 0.15) is 116 Å². The lowest BCUT2D eigenvalue weighted by Gasteiger charge is -2.56. The smallest absolute Gasteiger partial charge is 0.274 e. The first-order chi connectivity index (χ1) is 25.2. The number of hydrogen-bond acceptors (Lipinski definition) is 6. The predicted octanol–water partition coefficient (Wildman–Crippen LogP) is 6.71. The van der Waals surface area contributed by atoms with Gasteiger partial charge in [0.05, 0.1) is 29.5 Å². The van der Waals surface area contributed by atoms with Crippen LogP contribution in [0.15, 0.2) is 48.5 Å². The van der Waals surface area contributed by atoms with E-state index in [9.17, 15) is 19.5 Å². The summed E-state index contributed by atoms with van der Waals surface area (Å²) in [5.74, 6) is 1.52. The zero-order chi connectivity index (χ0) is 36.4. The Morgan fingerprint density at radius 3 is 2.23 bits per heavy atom. The van der Waals surface area contributed by atoms with Crippen molar-refractivity contribution in [3.05, 3.63) is 76.6 Å². The van der Waals surface area contributed by atoms with Gasteiger partial charge in [0.25, 0.3) is 11.8 Å². The third kappa shape index (κ3) is 7.55. The third-order valence-electron chi connectivity index (χ3n) is 12.0. The first-order valence-corrected chi connectivity index (χ1v) is 19.6. The van der Waals surface area contributed by atoms with E-state index in [0.717, 1.165) is 73.8 Å². The highest BCUT2D eigenvalue weighted by atomic mass is 16.5. The molecule has 4 bridgehead atoms. The third-order valence-corrected chi connectivity index (χ3v) is 12.0. The molecule has 1 aromatic heterocycles. The van der Waals surface area contributed by atoms with Gasteiger partial charge >= 0.3 is 0 Å². The lowest BCUT2D eigenvalue weighted by molar-refractivity contribution is -0.167. The van der Waals surface area contributed by atoms with E-state index >= 15 is 0 Å². The molecule has 3 aromatic rings. The highest BCUT2D eigenvalue weighted by Gasteiger charge is 2.51. The molecule has 1 aliphatic heterocycles. The van der Waals surface area contributed by atoms with E-state index < -0.39 is 6.04 Å². The number of aliphatic hydroxyl groups excluding tert-OH is 1. The lowest BCUT2D eigenvalue weighted by atomic mass is 9.54. The minimum Gasteiger partial charge on any atom is -0.394 e. The predicted molar refractivity (Wildman–Crippen MR) is 200 cm³/mol. The fourth-order valence-electron chi connectivity index (χ4n) is 9.73. The van der Waals surface area contributed by atoms with Crippen molar-refractivity contribution in [1.29, 1.82) is 0 Å². The highest BCUT2D eigenvalue weighted by molar-refractivity contribution is 6.01. The van der Waals surface area contributed by atoms with E-state index in [1.54, 1.807) is 33.8 Å². The van der Waals surface area contributed by atoms with Crippen LogP contribution in [0.2, 0.25) is 0 Å². The average Bonchev–Trinajstić information content (AvgIpc) is 3.53. The van der Waals surface area contributed by atoms with Crippen LogP contribution < -0.4 is 5.32 Å². The van der Waals surface area contributed by atoms with Crippen LogP contribution in [0.4, 0.5) is 5.69 Å². The Balaban J connectivity index is 1.17. The number of fused-ring (bicyclic) bond motifs is 1. The molecule has 52 heavy (non-hydrogen) atoms. The summed E-state index contributed by atoms with van der Waals surface area (Å²) >= 11 is 0. The molecular weight excluding hydrogens is 654 g/mol. The molecule has 4 saturated carbocycles. The number of aryl methyl sites for hydroxylation is 1. The molecular formula is C42H55N5O5. The van der Waals surface area contributed by atoms with Crippen LogP contribution in [-0.4, -0.2) is 80.4 Å². The van der Waals surface area contributed by atoms with Gasteiger partial charge in [-0.2, -0.15) is 5.10 Å². The standard InChI is InChI=1S/C42H55N5O5/c1-4-6-14-45(15-7-5-2)41(51)37-16-28(3)47(44-37)38-13-12-34(43-39(49)27-52-42-22-29-17-30(23-42)19-31(18-29)24-42)21-36(38)40(50)46-25-33-11-9-8-10-32(33)20-35(46)26-48/h8-13,16,21,29-31,35,48H,4-7,14-15,17-20,22-27H2,1-3H3,(H,43,49). The minimum atomic E-state index is -0.413. The molecule has 278 valence electrons. The van der Waals surface area contributed by atoms with Crippen molar-refractivity contribution in [1.82, 2.24) is 19.6 Å². The molecule has 10 nitrogen and oxygen atoms in total. The normalized spacial score (nSPS) is 24.5. The molecule has 2 aromatic carbocycles. The molecule has 1 unspecified atom stereocenters.